The molecule has 2 saturated heterocycles. The lowest BCUT2D eigenvalue weighted by Gasteiger charge is -2.41. The summed E-state index contributed by atoms with van der Waals surface area (Å²) < 4.78 is 41.2. The predicted molar refractivity (Wildman–Crippen MR) is 115 cm³/mol. The van der Waals surface area contributed by atoms with E-state index in [1.54, 1.807) is 4.90 Å². The number of pyridine rings is 1. The molecule has 3 N–H and O–H groups in total. The van der Waals surface area contributed by atoms with E-state index in [-0.39, 0.29) is 16.9 Å². The Bertz CT molecular complexity index is 1060. The van der Waals surface area contributed by atoms with E-state index in [0.29, 0.717) is 13.1 Å². The van der Waals surface area contributed by atoms with Gasteiger partial charge in [0.05, 0.1) is 0 Å². The first-order valence-electron chi connectivity index (χ1n) is 10.3. The summed E-state index contributed by atoms with van der Waals surface area (Å²) in [4.78, 5) is 38.5. The van der Waals surface area contributed by atoms with Gasteiger partial charge in [-0.1, -0.05) is 18.2 Å². The Hall–Kier alpha value is -2.10. The number of nitrogens with zero attached hydrogens (tertiary/aromatic N) is 2. The van der Waals surface area contributed by atoms with E-state index >= 15 is 0 Å². The van der Waals surface area contributed by atoms with Crippen LogP contribution in [0.3, 0.4) is 0 Å². The number of aliphatic hydroxyl groups is 1. The van der Waals surface area contributed by atoms with E-state index in [0.717, 1.165) is 19.3 Å². The second-order valence-corrected chi connectivity index (χ2v) is 12.2. The van der Waals surface area contributed by atoms with Crippen molar-refractivity contribution in [2.45, 2.75) is 37.1 Å². The molecule has 2 aliphatic heterocycles. The van der Waals surface area contributed by atoms with Crippen LogP contribution in [0.25, 0.3) is 0 Å². The summed E-state index contributed by atoms with van der Waals surface area (Å²) in [6.45, 7) is 1.25. The van der Waals surface area contributed by atoms with Crippen LogP contribution in [0.4, 0.5) is 4.79 Å². The number of rotatable bonds is 4. The van der Waals surface area contributed by atoms with Crippen LogP contribution in [0.5, 0.6) is 5.75 Å². The number of benzene rings is 1. The van der Waals surface area contributed by atoms with E-state index in [1.807, 2.05) is 0 Å². The van der Waals surface area contributed by atoms with Crippen molar-refractivity contribution in [3.63, 3.8) is 0 Å². The summed E-state index contributed by atoms with van der Waals surface area (Å²) >= 11 is 0. The number of carbonyl (C=O) groups is 1. The molecule has 2 aliphatic rings. The van der Waals surface area contributed by atoms with Gasteiger partial charge in [0.2, 0.25) is 6.29 Å². The molecule has 0 spiro atoms. The average Bonchev–Trinajstić information content (AvgIpc) is 2.79. The highest BCUT2D eigenvalue weighted by atomic mass is 31.2. The highest BCUT2D eigenvalue weighted by Crippen LogP contribution is 2.79. The molecule has 0 radical (unpaired) electrons. The van der Waals surface area contributed by atoms with Crippen molar-refractivity contribution >= 4 is 21.3 Å². The normalized spacial score (nSPS) is 32.3. The zero-order chi connectivity index (χ0) is 23.7. The lowest BCUT2D eigenvalue weighted by atomic mass is 10.1. The fourth-order valence-electron chi connectivity index (χ4n) is 3.64. The van der Waals surface area contributed by atoms with Gasteiger partial charge in [-0.05, 0) is 43.0 Å². The van der Waals surface area contributed by atoms with Crippen molar-refractivity contribution in [1.82, 2.24) is 9.88 Å². The standard InChI is InChI=1S/C20H24N2O9P2/c23-19(22-11-2-1-3-12-22)29-17-8-6-16(7-9-17)18-30-32(25,26)20(24,33(27,28)31-18)13-15-5-4-10-21-14-15/h4-10,14,18,24H,1-3,11-13H2,(H,25,26)(H,27,28). The Morgan fingerprint density at radius 1 is 1.09 bits per heavy atom. The Labute approximate surface area is 190 Å². The molecule has 11 nitrogen and oxygen atoms in total. The van der Waals surface area contributed by atoms with Gasteiger partial charge >= 0.3 is 21.3 Å². The van der Waals surface area contributed by atoms with E-state index in [1.165, 1.54) is 48.8 Å². The van der Waals surface area contributed by atoms with Gasteiger partial charge in [0.15, 0.2) is 0 Å². The Morgan fingerprint density at radius 3 is 2.30 bits per heavy atom. The smallest absolute Gasteiger partial charge is 0.410 e. The number of hydrogen-bond donors (Lipinski definition) is 3. The quantitative estimate of drug-likeness (QED) is 0.534. The molecule has 1 aromatic heterocycles. The average molecular weight is 498 g/mol. The first-order valence-corrected chi connectivity index (χ1v) is 13.5. The van der Waals surface area contributed by atoms with Crippen molar-refractivity contribution in [3.8, 4) is 5.75 Å². The molecule has 2 fully saturated rings. The number of ether oxygens (including phenoxy) is 1. The summed E-state index contributed by atoms with van der Waals surface area (Å²) in [6, 6.07) is 8.54. The van der Waals surface area contributed by atoms with Gasteiger partial charge in [0.1, 0.15) is 5.75 Å². The molecule has 0 bridgehead atoms. The number of carbonyl (C=O) groups excluding carboxylic acids is 1. The maximum Gasteiger partial charge on any atom is 0.415 e. The van der Waals surface area contributed by atoms with E-state index in [2.05, 4.69) is 4.98 Å². The van der Waals surface area contributed by atoms with Crippen LogP contribution in [-0.4, -0.2) is 49.0 Å². The third-order valence-corrected chi connectivity index (χ3v) is 10.1. The summed E-state index contributed by atoms with van der Waals surface area (Å²) in [5, 5.41) is 7.68. The van der Waals surface area contributed by atoms with Crippen molar-refractivity contribution in [3.05, 3.63) is 59.9 Å². The number of amides is 1. The maximum absolute atomic E-state index is 12.9. The molecule has 2 aromatic rings. The van der Waals surface area contributed by atoms with Crippen molar-refractivity contribution in [2.24, 2.45) is 0 Å². The molecular weight excluding hydrogens is 474 g/mol. The van der Waals surface area contributed by atoms with Crippen LogP contribution >= 0.6 is 15.2 Å². The number of piperidine rings is 1. The summed E-state index contributed by atoms with van der Waals surface area (Å²) in [5.74, 6) is 0.220. The molecule has 3 heterocycles. The van der Waals surface area contributed by atoms with Crippen LogP contribution in [0.15, 0.2) is 48.8 Å². The van der Waals surface area contributed by atoms with Crippen molar-refractivity contribution < 1.29 is 42.6 Å². The predicted octanol–water partition coefficient (Wildman–Crippen LogP) is 3.37. The molecule has 178 valence electrons. The molecule has 1 aromatic carbocycles. The third-order valence-electron chi connectivity index (χ3n) is 5.52. The highest BCUT2D eigenvalue weighted by molar-refractivity contribution is 7.73. The second kappa shape index (κ2) is 9.27. The lowest BCUT2D eigenvalue weighted by Crippen LogP contribution is -2.38. The molecule has 13 heteroatoms. The zero-order valence-corrected chi connectivity index (χ0v) is 19.3. The van der Waals surface area contributed by atoms with Gasteiger partial charge in [-0.15, -0.1) is 0 Å². The highest BCUT2D eigenvalue weighted by Gasteiger charge is 2.67. The van der Waals surface area contributed by atoms with Crippen molar-refractivity contribution in [1.29, 1.82) is 0 Å². The number of hydrogen-bond acceptors (Lipinski definition) is 8. The van der Waals surface area contributed by atoms with Crippen LogP contribution in [0, 0.1) is 0 Å². The van der Waals surface area contributed by atoms with E-state index in [4.69, 9.17) is 13.8 Å². The minimum Gasteiger partial charge on any atom is -0.410 e. The summed E-state index contributed by atoms with van der Waals surface area (Å²) in [6.07, 6.45) is 2.78. The zero-order valence-electron chi connectivity index (χ0n) is 17.5. The van der Waals surface area contributed by atoms with Crippen LogP contribution in [0.2, 0.25) is 0 Å². The van der Waals surface area contributed by atoms with Gasteiger partial charge in [0, 0.05) is 37.5 Å². The first-order chi connectivity index (χ1) is 15.6. The van der Waals surface area contributed by atoms with Gasteiger partial charge in [-0.3, -0.25) is 23.2 Å². The van der Waals surface area contributed by atoms with E-state index < -0.39 is 39.1 Å². The van der Waals surface area contributed by atoms with Crippen LogP contribution in [0.1, 0.15) is 36.7 Å². The number of likely N-dealkylation sites (tertiary alicyclic amines) is 1. The van der Waals surface area contributed by atoms with Crippen LogP contribution in [-0.2, 0) is 24.6 Å². The SMILES string of the molecule is O=C(Oc1ccc(C2OP(=O)(O)C(O)(Cc3cccnc3)P(=O)(O)O2)cc1)N1CCCCC1. The van der Waals surface area contributed by atoms with Gasteiger partial charge < -0.3 is 24.5 Å². The van der Waals surface area contributed by atoms with Gasteiger partial charge in [-0.25, -0.2) is 4.79 Å². The third kappa shape index (κ3) is 4.90. The van der Waals surface area contributed by atoms with Gasteiger partial charge in [0.25, 0.3) is 5.08 Å². The van der Waals surface area contributed by atoms with E-state index in [9.17, 15) is 28.8 Å². The Balaban J connectivity index is 1.49. The maximum atomic E-state index is 12.9. The minimum atomic E-state index is -5.07. The molecule has 1 amide bonds. The molecule has 0 aliphatic carbocycles. The molecule has 2 unspecified atom stereocenters. The lowest BCUT2D eigenvalue weighted by molar-refractivity contribution is -0.0579. The summed E-state index contributed by atoms with van der Waals surface area (Å²) in [7, 11) is -10.1. The molecule has 0 saturated carbocycles. The molecule has 4 rings (SSSR count). The Kier molecular flexibility index (Phi) is 6.75. The van der Waals surface area contributed by atoms with Crippen molar-refractivity contribution in [2.75, 3.05) is 13.1 Å². The second-order valence-electron chi connectivity index (χ2n) is 7.88. The fraction of sp³-hybridized carbons (Fsp3) is 0.400. The fourth-order valence-corrected chi connectivity index (χ4v) is 7.22. The molecular formula is C20H24N2O9P2. The monoisotopic (exact) mass is 498 g/mol. The molecule has 2 atom stereocenters. The van der Waals surface area contributed by atoms with Crippen LogP contribution < -0.4 is 4.74 Å². The largest absolute Gasteiger partial charge is 0.415 e. The minimum absolute atomic E-state index is 0.125. The first kappa shape index (κ1) is 24.0. The summed E-state index contributed by atoms with van der Waals surface area (Å²) in [5.41, 5.74) is 0.369. The van der Waals surface area contributed by atoms with Gasteiger partial charge in [-0.2, -0.15) is 0 Å². The molecule has 33 heavy (non-hydrogen) atoms. The number of aromatic nitrogens is 1. The Morgan fingerprint density at radius 2 is 1.73 bits per heavy atom. The topological polar surface area (TPSA) is 156 Å².